The third-order valence-corrected chi connectivity index (χ3v) is 3.18. The van der Waals surface area contributed by atoms with E-state index in [0.29, 0.717) is 13.0 Å². The molecule has 0 aliphatic rings. The summed E-state index contributed by atoms with van der Waals surface area (Å²) < 4.78 is 0. The summed E-state index contributed by atoms with van der Waals surface area (Å²) in [5, 5.41) is 15.2. The van der Waals surface area contributed by atoms with E-state index in [9.17, 15) is 9.90 Å². The highest BCUT2D eigenvalue weighted by atomic mass is 16.3. The van der Waals surface area contributed by atoms with E-state index in [-0.39, 0.29) is 18.1 Å². The Hall–Kier alpha value is -1.59. The number of nitrogens with one attached hydrogen (secondary N) is 2. The number of aliphatic hydroxyl groups is 1. The number of urea groups is 1. The maximum absolute atomic E-state index is 11.8. The van der Waals surface area contributed by atoms with Gasteiger partial charge in [-0.1, -0.05) is 26.0 Å². The Morgan fingerprint density at radius 2 is 2.05 bits per heavy atom. The van der Waals surface area contributed by atoms with Crippen molar-refractivity contribution in [2.75, 3.05) is 26.0 Å². The third kappa shape index (κ3) is 7.11. The van der Waals surface area contributed by atoms with Crippen LogP contribution in [0, 0.1) is 5.92 Å². The number of anilines is 1. The monoisotopic (exact) mass is 293 g/mol. The van der Waals surface area contributed by atoms with Crippen molar-refractivity contribution < 1.29 is 9.90 Å². The van der Waals surface area contributed by atoms with E-state index in [1.165, 1.54) is 0 Å². The van der Waals surface area contributed by atoms with E-state index in [0.717, 1.165) is 17.8 Å². The molecule has 0 heterocycles. The van der Waals surface area contributed by atoms with Gasteiger partial charge in [-0.3, -0.25) is 0 Å². The molecule has 0 aromatic heterocycles. The summed E-state index contributed by atoms with van der Waals surface area (Å²) in [7, 11) is 4.01. The van der Waals surface area contributed by atoms with Crippen LogP contribution in [0.15, 0.2) is 24.3 Å². The predicted molar refractivity (Wildman–Crippen MR) is 86.3 cm³/mol. The second-order valence-corrected chi connectivity index (χ2v) is 5.92. The fourth-order valence-corrected chi connectivity index (χ4v) is 1.95. The maximum atomic E-state index is 11.8. The lowest BCUT2D eigenvalue weighted by Crippen LogP contribution is -2.32. The first-order valence-electron chi connectivity index (χ1n) is 7.35. The first kappa shape index (κ1) is 17.5. The normalized spacial score (nSPS) is 12.5. The molecule has 1 aromatic carbocycles. The van der Waals surface area contributed by atoms with Gasteiger partial charge in [0.1, 0.15) is 0 Å². The van der Waals surface area contributed by atoms with Crippen molar-refractivity contribution in [2.45, 2.75) is 32.9 Å². The van der Waals surface area contributed by atoms with Gasteiger partial charge in [0.15, 0.2) is 0 Å². The molecule has 0 fully saturated rings. The van der Waals surface area contributed by atoms with Gasteiger partial charge in [-0.2, -0.15) is 0 Å². The Balaban J connectivity index is 2.40. The number of amides is 2. The topological polar surface area (TPSA) is 64.6 Å². The highest BCUT2D eigenvalue weighted by molar-refractivity contribution is 5.89. The van der Waals surface area contributed by atoms with Crippen molar-refractivity contribution in [3.63, 3.8) is 0 Å². The highest BCUT2D eigenvalue weighted by Gasteiger charge is 2.09. The lowest BCUT2D eigenvalue weighted by Gasteiger charge is -2.15. The molecule has 21 heavy (non-hydrogen) atoms. The van der Waals surface area contributed by atoms with Gasteiger partial charge in [0.25, 0.3) is 0 Å². The van der Waals surface area contributed by atoms with Crippen LogP contribution in [0.4, 0.5) is 10.5 Å². The van der Waals surface area contributed by atoms with Crippen molar-refractivity contribution in [2.24, 2.45) is 5.92 Å². The van der Waals surface area contributed by atoms with Gasteiger partial charge < -0.3 is 20.6 Å². The van der Waals surface area contributed by atoms with Gasteiger partial charge >= 0.3 is 6.03 Å². The predicted octanol–water partition coefficient (Wildman–Crippen LogP) is 2.28. The number of carbonyl (C=O) groups excluding carboxylic acids is 1. The van der Waals surface area contributed by atoms with E-state index >= 15 is 0 Å². The molecule has 0 aliphatic heterocycles. The third-order valence-electron chi connectivity index (χ3n) is 3.18. The van der Waals surface area contributed by atoms with Gasteiger partial charge in [-0.25, -0.2) is 4.79 Å². The van der Waals surface area contributed by atoms with E-state index in [1.807, 2.05) is 52.2 Å². The number of benzene rings is 1. The molecule has 5 heteroatoms. The zero-order chi connectivity index (χ0) is 15.8. The SMILES string of the molecule is CC(C)C(O)CCNC(=O)Nc1cccc(CN(C)C)c1. The molecule has 0 saturated heterocycles. The van der Waals surface area contributed by atoms with Crippen LogP contribution < -0.4 is 10.6 Å². The molecule has 0 saturated carbocycles. The van der Waals surface area contributed by atoms with Crippen molar-refractivity contribution in [3.8, 4) is 0 Å². The first-order valence-corrected chi connectivity index (χ1v) is 7.35. The van der Waals surface area contributed by atoms with E-state index in [2.05, 4.69) is 15.5 Å². The summed E-state index contributed by atoms with van der Waals surface area (Å²) in [5.41, 5.74) is 1.92. The molecule has 118 valence electrons. The van der Waals surface area contributed by atoms with Crippen molar-refractivity contribution in [3.05, 3.63) is 29.8 Å². The highest BCUT2D eigenvalue weighted by Crippen LogP contribution is 2.11. The van der Waals surface area contributed by atoms with Crippen molar-refractivity contribution in [1.82, 2.24) is 10.2 Å². The summed E-state index contributed by atoms with van der Waals surface area (Å²) in [6.07, 6.45) is 0.180. The van der Waals surface area contributed by atoms with Crippen LogP contribution >= 0.6 is 0 Å². The van der Waals surface area contributed by atoms with Gasteiger partial charge in [0.05, 0.1) is 6.10 Å². The van der Waals surface area contributed by atoms with Gasteiger partial charge in [-0.05, 0) is 44.1 Å². The smallest absolute Gasteiger partial charge is 0.319 e. The number of aliphatic hydroxyl groups excluding tert-OH is 1. The molecule has 0 aliphatic carbocycles. The molecule has 1 aromatic rings. The average Bonchev–Trinajstić information content (AvgIpc) is 2.37. The van der Waals surface area contributed by atoms with Crippen LogP contribution in [0.1, 0.15) is 25.8 Å². The summed E-state index contributed by atoms with van der Waals surface area (Å²) in [6.45, 7) is 5.21. The Kier molecular flexibility index (Phi) is 7.19. The van der Waals surface area contributed by atoms with Crippen LogP contribution in [0.5, 0.6) is 0 Å². The number of carbonyl (C=O) groups is 1. The second-order valence-electron chi connectivity index (χ2n) is 5.92. The van der Waals surface area contributed by atoms with E-state index < -0.39 is 0 Å². The number of rotatable bonds is 7. The van der Waals surface area contributed by atoms with Crippen molar-refractivity contribution >= 4 is 11.7 Å². The van der Waals surface area contributed by atoms with Gasteiger partial charge in [-0.15, -0.1) is 0 Å². The molecule has 0 bridgehead atoms. The zero-order valence-electron chi connectivity index (χ0n) is 13.4. The molecule has 1 rings (SSSR count). The molecule has 5 nitrogen and oxygen atoms in total. The van der Waals surface area contributed by atoms with Crippen LogP contribution in [-0.2, 0) is 6.54 Å². The Morgan fingerprint density at radius 3 is 2.67 bits per heavy atom. The van der Waals surface area contributed by atoms with E-state index in [1.54, 1.807) is 0 Å². The zero-order valence-corrected chi connectivity index (χ0v) is 13.4. The molecule has 2 amide bonds. The molecule has 0 radical (unpaired) electrons. The fraction of sp³-hybridized carbons (Fsp3) is 0.562. The minimum Gasteiger partial charge on any atom is -0.393 e. The number of hydrogen-bond acceptors (Lipinski definition) is 3. The van der Waals surface area contributed by atoms with Crippen LogP contribution in [-0.4, -0.2) is 42.8 Å². The standard InChI is InChI=1S/C16H27N3O2/c1-12(2)15(20)8-9-17-16(21)18-14-7-5-6-13(10-14)11-19(3)4/h5-7,10,12,15,20H,8-9,11H2,1-4H3,(H2,17,18,21). The lowest BCUT2D eigenvalue weighted by atomic mass is 10.0. The summed E-state index contributed by atoms with van der Waals surface area (Å²) in [4.78, 5) is 13.9. The quantitative estimate of drug-likeness (QED) is 0.722. The van der Waals surface area contributed by atoms with Crippen LogP contribution in [0.2, 0.25) is 0 Å². The van der Waals surface area contributed by atoms with Crippen LogP contribution in [0.3, 0.4) is 0 Å². The number of hydrogen-bond donors (Lipinski definition) is 3. The minimum atomic E-state index is -0.381. The first-order chi connectivity index (χ1) is 9.88. The minimum absolute atomic E-state index is 0.206. The molecular weight excluding hydrogens is 266 g/mol. The second kappa shape index (κ2) is 8.64. The summed E-state index contributed by atoms with van der Waals surface area (Å²) >= 11 is 0. The molecule has 3 N–H and O–H groups in total. The Bertz CT molecular complexity index is 447. The molecule has 0 spiro atoms. The lowest BCUT2D eigenvalue weighted by molar-refractivity contribution is 0.117. The van der Waals surface area contributed by atoms with Crippen LogP contribution in [0.25, 0.3) is 0 Å². The maximum Gasteiger partial charge on any atom is 0.319 e. The Labute approximate surface area is 127 Å². The average molecular weight is 293 g/mol. The molecule has 1 unspecified atom stereocenters. The van der Waals surface area contributed by atoms with E-state index in [4.69, 9.17) is 0 Å². The molecular formula is C16H27N3O2. The van der Waals surface area contributed by atoms with Gasteiger partial charge in [0.2, 0.25) is 0 Å². The van der Waals surface area contributed by atoms with Crippen molar-refractivity contribution in [1.29, 1.82) is 0 Å². The molecule has 1 atom stereocenters. The summed E-state index contributed by atoms with van der Waals surface area (Å²) in [6, 6.07) is 7.54. The Morgan fingerprint density at radius 1 is 1.33 bits per heavy atom. The summed E-state index contributed by atoms with van der Waals surface area (Å²) in [5.74, 6) is 0.206. The fourth-order valence-electron chi connectivity index (χ4n) is 1.95. The largest absolute Gasteiger partial charge is 0.393 e. The number of nitrogens with zero attached hydrogens (tertiary/aromatic N) is 1. The van der Waals surface area contributed by atoms with Gasteiger partial charge in [0, 0.05) is 18.8 Å².